The van der Waals surface area contributed by atoms with E-state index in [9.17, 15) is 0 Å². The molecule has 0 N–H and O–H groups in total. The second-order valence-electron chi connectivity index (χ2n) is 10.6. The summed E-state index contributed by atoms with van der Waals surface area (Å²) < 4.78 is 0. The Morgan fingerprint density at radius 3 is 2.07 bits per heavy atom. The highest BCUT2D eigenvalue weighted by Gasteiger charge is 2.47. The SMILES string of the molecule is Cc1ccc(N2CCC(CN3CCC4(CC3)CN(C(C)(C)C)C4)CC2)cc1. The fraction of sp³-hybridized carbons (Fsp3) is 0.750. The molecule has 0 aliphatic carbocycles. The van der Waals surface area contributed by atoms with Gasteiger partial charge in [-0.25, -0.2) is 0 Å². The summed E-state index contributed by atoms with van der Waals surface area (Å²) in [7, 11) is 0. The highest BCUT2D eigenvalue weighted by molar-refractivity contribution is 5.47. The first-order chi connectivity index (χ1) is 12.8. The van der Waals surface area contributed by atoms with E-state index in [0.717, 1.165) is 5.92 Å². The first-order valence-electron chi connectivity index (χ1n) is 11.1. The fourth-order valence-corrected chi connectivity index (χ4v) is 5.26. The van der Waals surface area contributed by atoms with E-state index in [1.54, 1.807) is 0 Å². The van der Waals surface area contributed by atoms with Crippen molar-refractivity contribution in [3.05, 3.63) is 29.8 Å². The average Bonchev–Trinajstić information content (AvgIpc) is 2.61. The molecule has 0 atom stereocenters. The van der Waals surface area contributed by atoms with Crippen molar-refractivity contribution in [1.82, 2.24) is 9.80 Å². The molecule has 3 fully saturated rings. The van der Waals surface area contributed by atoms with Gasteiger partial charge in [-0.2, -0.15) is 0 Å². The summed E-state index contributed by atoms with van der Waals surface area (Å²) >= 11 is 0. The van der Waals surface area contributed by atoms with Crippen molar-refractivity contribution < 1.29 is 0 Å². The summed E-state index contributed by atoms with van der Waals surface area (Å²) in [6.07, 6.45) is 5.55. The van der Waals surface area contributed by atoms with Crippen LogP contribution in [0.3, 0.4) is 0 Å². The summed E-state index contributed by atoms with van der Waals surface area (Å²) in [5, 5.41) is 0. The van der Waals surface area contributed by atoms with Crippen LogP contribution in [0, 0.1) is 18.3 Å². The van der Waals surface area contributed by atoms with E-state index in [2.05, 4.69) is 66.7 Å². The zero-order chi connectivity index (χ0) is 19.1. The molecule has 1 aromatic carbocycles. The standard InChI is InChI=1S/C24H39N3/c1-20-5-7-22(8-6-20)26-13-9-21(10-14-26)17-25-15-11-24(12-16-25)18-27(19-24)23(2,3)4/h5-8,21H,9-19H2,1-4H3. The number of aryl methyl sites for hydroxylation is 1. The molecule has 0 aromatic heterocycles. The molecule has 0 saturated carbocycles. The largest absolute Gasteiger partial charge is 0.372 e. The Labute approximate surface area is 166 Å². The Morgan fingerprint density at radius 2 is 1.52 bits per heavy atom. The Kier molecular flexibility index (Phi) is 5.28. The number of hydrogen-bond donors (Lipinski definition) is 0. The molecule has 0 unspecified atom stereocenters. The first-order valence-corrected chi connectivity index (χ1v) is 11.1. The van der Waals surface area contributed by atoms with Crippen LogP contribution in [-0.2, 0) is 0 Å². The van der Waals surface area contributed by atoms with Gasteiger partial charge < -0.3 is 9.80 Å². The molecule has 27 heavy (non-hydrogen) atoms. The van der Waals surface area contributed by atoms with Gasteiger partial charge in [0.25, 0.3) is 0 Å². The van der Waals surface area contributed by atoms with Gasteiger partial charge in [-0.3, -0.25) is 4.90 Å². The maximum atomic E-state index is 2.78. The highest BCUT2D eigenvalue weighted by atomic mass is 15.3. The number of piperidine rings is 2. The van der Waals surface area contributed by atoms with Crippen LogP contribution in [0.15, 0.2) is 24.3 Å². The first kappa shape index (κ1) is 19.3. The van der Waals surface area contributed by atoms with Crippen LogP contribution in [0.4, 0.5) is 5.69 Å². The normalized spacial score (nSPS) is 25.0. The molecule has 0 amide bonds. The topological polar surface area (TPSA) is 9.72 Å². The van der Waals surface area contributed by atoms with Gasteiger partial charge in [-0.15, -0.1) is 0 Å². The summed E-state index contributed by atoms with van der Waals surface area (Å²) in [5.74, 6) is 0.896. The number of nitrogens with zero attached hydrogens (tertiary/aromatic N) is 3. The predicted octanol–water partition coefficient (Wildman–Crippen LogP) is 4.41. The third-order valence-corrected chi connectivity index (χ3v) is 7.45. The lowest BCUT2D eigenvalue weighted by molar-refractivity contribution is -0.0913. The van der Waals surface area contributed by atoms with Crippen molar-refractivity contribution in [1.29, 1.82) is 0 Å². The predicted molar refractivity (Wildman–Crippen MR) is 116 cm³/mol. The van der Waals surface area contributed by atoms with Crippen molar-refractivity contribution in [2.75, 3.05) is 50.7 Å². The molecule has 3 aliphatic rings. The number of anilines is 1. The maximum Gasteiger partial charge on any atom is 0.0366 e. The minimum absolute atomic E-state index is 0.355. The Bertz CT molecular complexity index is 606. The number of rotatable bonds is 3. The zero-order valence-corrected chi connectivity index (χ0v) is 18.0. The molecular weight excluding hydrogens is 330 g/mol. The van der Waals surface area contributed by atoms with E-state index < -0.39 is 0 Å². The molecular formula is C24H39N3. The zero-order valence-electron chi connectivity index (χ0n) is 18.0. The van der Waals surface area contributed by atoms with Crippen LogP contribution in [0.2, 0.25) is 0 Å². The summed E-state index contributed by atoms with van der Waals surface area (Å²) in [4.78, 5) is 8.03. The molecule has 3 saturated heterocycles. The van der Waals surface area contributed by atoms with Gasteiger partial charge in [0, 0.05) is 44.0 Å². The number of likely N-dealkylation sites (tertiary alicyclic amines) is 2. The quantitative estimate of drug-likeness (QED) is 0.781. The van der Waals surface area contributed by atoms with Crippen molar-refractivity contribution in [3.63, 3.8) is 0 Å². The minimum Gasteiger partial charge on any atom is -0.372 e. The van der Waals surface area contributed by atoms with Crippen LogP contribution in [0.1, 0.15) is 52.0 Å². The Morgan fingerprint density at radius 1 is 0.926 bits per heavy atom. The second-order valence-corrected chi connectivity index (χ2v) is 10.6. The van der Waals surface area contributed by atoms with Gasteiger partial charge in [-0.1, -0.05) is 17.7 Å². The van der Waals surface area contributed by atoms with Crippen LogP contribution in [0.5, 0.6) is 0 Å². The molecule has 3 aliphatic heterocycles. The van der Waals surface area contributed by atoms with Crippen LogP contribution in [-0.4, -0.2) is 61.2 Å². The smallest absolute Gasteiger partial charge is 0.0366 e. The molecule has 1 aromatic rings. The minimum atomic E-state index is 0.355. The molecule has 150 valence electrons. The Hall–Kier alpha value is -1.06. The van der Waals surface area contributed by atoms with Crippen molar-refractivity contribution in [2.24, 2.45) is 11.3 Å². The molecule has 1 spiro atoms. The van der Waals surface area contributed by atoms with E-state index in [1.807, 2.05) is 0 Å². The molecule has 3 nitrogen and oxygen atoms in total. The van der Waals surface area contributed by atoms with Crippen LogP contribution < -0.4 is 4.90 Å². The molecule has 4 rings (SSSR count). The van der Waals surface area contributed by atoms with E-state index in [1.165, 1.54) is 82.7 Å². The molecule has 0 radical (unpaired) electrons. The van der Waals surface area contributed by atoms with E-state index in [0.29, 0.717) is 11.0 Å². The molecule has 3 heteroatoms. The maximum absolute atomic E-state index is 2.78. The number of hydrogen-bond acceptors (Lipinski definition) is 3. The van der Waals surface area contributed by atoms with E-state index in [-0.39, 0.29) is 0 Å². The average molecular weight is 370 g/mol. The Balaban J connectivity index is 1.19. The van der Waals surface area contributed by atoms with Gasteiger partial charge >= 0.3 is 0 Å². The number of benzene rings is 1. The summed E-state index contributed by atoms with van der Waals surface area (Å²) in [6.45, 7) is 18.4. The third-order valence-electron chi connectivity index (χ3n) is 7.45. The van der Waals surface area contributed by atoms with Gasteiger partial charge in [0.05, 0.1) is 0 Å². The van der Waals surface area contributed by atoms with Crippen molar-refractivity contribution in [3.8, 4) is 0 Å². The lowest BCUT2D eigenvalue weighted by Crippen LogP contribution is -2.65. The van der Waals surface area contributed by atoms with Crippen molar-refractivity contribution >= 4 is 5.69 Å². The van der Waals surface area contributed by atoms with Gasteiger partial charge in [0.1, 0.15) is 0 Å². The van der Waals surface area contributed by atoms with E-state index in [4.69, 9.17) is 0 Å². The van der Waals surface area contributed by atoms with E-state index >= 15 is 0 Å². The lowest BCUT2D eigenvalue weighted by Gasteiger charge is -2.58. The second kappa shape index (κ2) is 7.40. The van der Waals surface area contributed by atoms with Gasteiger partial charge in [0.15, 0.2) is 0 Å². The van der Waals surface area contributed by atoms with Gasteiger partial charge in [0.2, 0.25) is 0 Å². The van der Waals surface area contributed by atoms with Crippen molar-refractivity contribution in [2.45, 2.75) is 58.9 Å². The molecule has 3 heterocycles. The third kappa shape index (κ3) is 4.35. The monoisotopic (exact) mass is 369 g/mol. The molecule has 0 bridgehead atoms. The lowest BCUT2D eigenvalue weighted by atomic mass is 9.70. The van der Waals surface area contributed by atoms with Crippen LogP contribution in [0.25, 0.3) is 0 Å². The summed E-state index contributed by atoms with van der Waals surface area (Å²) in [6, 6.07) is 9.07. The highest BCUT2D eigenvalue weighted by Crippen LogP contribution is 2.43. The van der Waals surface area contributed by atoms with Crippen LogP contribution >= 0.6 is 0 Å². The summed E-state index contributed by atoms with van der Waals surface area (Å²) in [5.41, 5.74) is 3.77. The fourth-order valence-electron chi connectivity index (χ4n) is 5.26. The van der Waals surface area contributed by atoms with Gasteiger partial charge in [-0.05, 0) is 89.9 Å².